The molecule has 8 nitrogen and oxygen atoms in total. The fourth-order valence-electron chi connectivity index (χ4n) is 3.99. The lowest BCUT2D eigenvalue weighted by Gasteiger charge is -2.35. The number of amides is 1. The molecule has 0 saturated carbocycles. The van der Waals surface area contributed by atoms with Gasteiger partial charge in [-0.15, -0.1) is 11.8 Å². The van der Waals surface area contributed by atoms with Crippen molar-refractivity contribution in [3.05, 3.63) is 72.8 Å². The van der Waals surface area contributed by atoms with Crippen molar-refractivity contribution < 1.29 is 4.79 Å². The van der Waals surface area contributed by atoms with Crippen LogP contribution in [0.2, 0.25) is 0 Å². The highest BCUT2D eigenvalue weighted by Crippen LogP contribution is 2.26. The molecule has 3 aromatic heterocycles. The van der Waals surface area contributed by atoms with Gasteiger partial charge in [-0.3, -0.25) is 9.78 Å². The number of aryl methyl sites for hydroxylation is 1. The summed E-state index contributed by atoms with van der Waals surface area (Å²) in [5, 5.41) is 4.04. The van der Waals surface area contributed by atoms with E-state index in [0.717, 1.165) is 65.0 Å². The average Bonchev–Trinajstić information content (AvgIpc) is 2.89. The molecule has 0 spiro atoms. The molecule has 1 fully saturated rings. The van der Waals surface area contributed by atoms with Gasteiger partial charge in [-0.05, 0) is 55.0 Å². The fourth-order valence-corrected chi connectivity index (χ4v) is 4.67. The molecule has 1 amide bonds. The second-order valence-corrected chi connectivity index (χ2v) is 9.12. The molecule has 0 bridgehead atoms. The molecule has 1 N–H and O–H groups in total. The Hall–Kier alpha value is -3.72. The van der Waals surface area contributed by atoms with Gasteiger partial charge in [0.1, 0.15) is 5.82 Å². The molecular formula is C25H25N7OS. The molecule has 0 aliphatic carbocycles. The maximum atomic E-state index is 12.4. The van der Waals surface area contributed by atoms with Crippen molar-refractivity contribution in [2.45, 2.75) is 11.8 Å². The van der Waals surface area contributed by atoms with Crippen LogP contribution in [0.25, 0.3) is 10.9 Å². The van der Waals surface area contributed by atoms with E-state index in [-0.39, 0.29) is 5.91 Å². The Morgan fingerprint density at radius 2 is 1.71 bits per heavy atom. The van der Waals surface area contributed by atoms with E-state index in [1.54, 1.807) is 24.8 Å². The Kier molecular flexibility index (Phi) is 6.53. The molecule has 172 valence electrons. The highest BCUT2D eigenvalue weighted by Gasteiger charge is 2.20. The molecule has 1 aromatic carbocycles. The largest absolute Gasteiger partial charge is 0.353 e. The number of thioether (sulfide) groups is 1. The number of piperazine rings is 1. The second kappa shape index (κ2) is 10.0. The number of nitrogens with zero attached hydrogens (tertiary/aromatic N) is 6. The van der Waals surface area contributed by atoms with Gasteiger partial charge in [-0.2, -0.15) is 0 Å². The van der Waals surface area contributed by atoms with E-state index < -0.39 is 0 Å². The van der Waals surface area contributed by atoms with Crippen molar-refractivity contribution in [3.63, 3.8) is 0 Å². The highest BCUT2D eigenvalue weighted by atomic mass is 32.2. The first-order valence-electron chi connectivity index (χ1n) is 11.2. The number of pyridine rings is 2. The Balaban J connectivity index is 1.24. The first kappa shape index (κ1) is 22.1. The van der Waals surface area contributed by atoms with E-state index in [4.69, 9.17) is 4.98 Å². The number of carbonyl (C=O) groups is 1. The number of hydrogen-bond acceptors (Lipinski definition) is 8. The van der Waals surface area contributed by atoms with Gasteiger partial charge in [0, 0.05) is 66.9 Å². The zero-order valence-corrected chi connectivity index (χ0v) is 19.7. The summed E-state index contributed by atoms with van der Waals surface area (Å²) < 4.78 is 0. The second-order valence-electron chi connectivity index (χ2n) is 8.07. The van der Waals surface area contributed by atoms with Crippen LogP contribution in [0.15, 0.2) is 72.1 Å². The summed E-state index contributed by atoms with van der Waals surface area (Å²) in [7, 11) is 0. The number of rotatable bonds is 6. The maximum Gasteiger partial charge on any atom is 0.234 e. The minimum absolute atomic E-state index is 0.0383. The monoisotopic (exact) mass is 471 g/mol. The molecule has 9 heteroatoms. The van der Waals surface area contributed by atoms with Crippen LogP contribution in [-0.2, 0) is 4.79 Å². The zero-order valence-electron chi connectivity index (χ0n) is 18.9. The lowest BCUT2D eigenvalue weighted by Crippen LogP contribution is -2.47. The molecule has 4 heterocycles. The van der Waals surface area contributed by atoms with Gasteiger partial charge in [0.15, 0.2) is 0 Å². The van der Waals surface area contributed by atoms with Crippen molar-refractivity contribution in [2.24, 2.45) is 0 Å². The summed E-state index contributed by atoms with van der Waals surface area (Å²) >= 11 is 1.49. The van der Waals surface area contributed by atoms with Crippen LogP contribution in [0.4, 0.5) is 17.5 Å². The van der Waals surface area contributed by atoms with Crippen molar-refractivity contribution >= 4 is 46.0 Å². The predicted molar refractivity (Wildman–Crippen MR) is 137 cm³/mol. The van der Waals surface area contributed by atoms with Crippen molar-refractivity contribution in [3.8, 4) is 0 Å². The molecule has 0 atom stereocenters. The van der Waals surface area contributed by atoms with Gasteiger partial charge in [0.2, 0.25) is 11.9 Å². The van der Waals surface area contributed by atoms with Crippen molar-refractivity contribution in [1.29, 1.82) is 0 Å². The van der Waals surface area contributed by atoms with Gasteiger partial charge >= 0.3 is 0 Å². The normalized spacial score (nSPS) is 13.8. The van der Waals surface area contributed by atoms with Gasteiger partial charge in [0.05, 0.1) is 11.3 Å². The van der Waals surface area contributed by atoms with Crippen LogP contribution in [0.3, 0.4) is 0 Å². The van der Waals surface area contributed by atoms with Crippen LogP contribution >= 0.6 is 11.8 Å². The third-order valence-electron chi connectivity index (χ3n) is 5.74. The third-order valence-corrected chi connectivity index (χ3v) is 6.76. The molecular weight excluding hydrogens is 446 g/mol. The Bertz CT molecular complexity index is 1280. The molecule has 1 aliphatic heterocycles. The number of carbonyl (C=O) groups excluding carboxylic acids is 1. The molecule has 1 aliphatic rings. The smallest absolute Gasteiger partial charge is 0.234 e. The Morgan fingerprint density at radius 1 is 0.971 bits per heavy atom. The van der Waals surface area contributed by atoms with E-state index in [1.165, 1.54) is 11.8 Å². The number of nitrogens with one attached hydrogen (secondary N) is 1. The standard InChI is InChI=1S/C25H25N7OS/c1-18-15-23(31-11-13-32(14-12-31)25-27-7-2-8-28-25)30-22-4-3-19(16-21(18)22)29-24(33)17-34-20-5-9-26-10-6-20/h2-10,15-16H,11-14,17H2,1H3,(H,29,33). The number of benzene rings is 1. The third kappa shape index (κ3) is 5.09. The fraction of sp³-hybridized carbons (Fsp3) is 0.240. The number of hydrogen-bond donors (Lipinski definition) is 1. The number of anilines is 3. The van der Waals surface area contributed by atoms with Gasteiger partial charge in [-0.1, -0.05) is 0 Å². The van der Waals surface area contributed by atoms with Crippen LogP contribution < -0.4 is 15.1 Å². The van der Waals surface area contributed by atoms with Crippen LogP contribution in [0, 0.1) is 6.92 Å². The van der Waals surface area contributed by atoms with Crippen LogP contribution in [0.1, 0.15) is 5.56 Å². The van der Waals surface area contributed by atoms with E-state index in [1.807, 2.05) is 36.4 Å². The highest BCUT2D eigenvalue weighted by molar-refractivity contribution is 8.00. The lowest BCUT2D eigenvalue weighted by atomic mass is 10.1. The summed E-state index contributed by atoms with van der Waals surface area (Å²) in [5.74, 6) is 2.06. The summed E-state index contributed by atoms with van der Waals surface area (Å²) in [6.45, 7) is 5.52. The lowest BCUT2D eigenvalue weighted by molar-refractivity contribution is -0.113. The topological polar surface area (TPSA) is 87.1 Å². The van der Waals surface area contributed by atoms with E-state index >= 15 is 0 Å². The Labute approximate surface area is 202 Å². The van der Waals surface area contributed by atoms with Crippen molar-refractivity contribution in [2.75, 3.05) is 47.0 Å². The first-order valence-corrected chi connectivity index (χ1v) is 12.2. The molecule has 1 saturated heterocycles. The molecule has 4 aromatic rings. The van der Waals surface area contributed by atoms with Crippen LogP contribution in [0.5, 0.6) is 0 Å². The van der Waals surface area contributed by atoms with E-state index in [0.29, 0.717) is 5.75 Å². The quantitative estimate of drug-likeness (QED) is 0.425. The maximum absolute atomic E-state index is 12.4. The van der Waals surface area contributed by atoms with E-state index in [9.17, 15) is 4.79 Å². The van der Waals surface area contributed by atoms with Gasteiger partial charge in [-0.25, -0.2) is 15.0 Å². The molecule has 34 heavy (non-hydrogen) atoms. The molecule has 0 radical (unpaired) electrons. The van der Waals surface area contributed by atoms with Crippen LogP contribution in [-0.4, -0.2) is 57.8 Å². The van der Waals surface area contributed by atoms with E-state index in [2.05, 4.69) is 43.1 Å². The zero-order chi connectivity index (χ0) is 23.3. The molecule has 5 rings (SSSR count). The Morgan fingerprint density at radius 3 is 2.47 bits per heavy atom. The predicted octanol–water partition coefficient (Wildman–Crippen LogP) is 3.79. The summed E-state index contributed by atoms with van der Waals surface area (Å²) in [6, 6.07) is 13.7. The first-order chi connectivity index (χ1) is 16.7. The summed E-state index contributed by atoms with van der Waals surface area (Å²) in [5.41, 5.74) is 2.84. The summed E-state index contributed by atoms with van der Waals surface area (Å²) in [4.78, 5) is 35.6. The molecule has 0 unspecified atom stereocenters. The van der Waals surface area contributed by atoms with Gasteiger partial charge in [0.25, 0.3) is 0 Å². The summed E-state index contributed by atoms with van der Waals surface area (Å²) in [6.07, 6.45) is 7.01. The SMILES string of the molecule is Cc1cc(N2CCN(c3ncccn3)CC2)nc2ccc(NC(=O)CSc3ccncc3)cc12. The minimum Gasteiger partial charge on any atom is -0.353 e. The van der Waals surface area contributed by atoms with Gasteiger partial charge < -0.3 is 15.1 Å². The minimum atomic E-state index is -0.0383. The number of fused-ring (bicyclic) bond motifs is 1. The average molecular weight is 472 g/mol. The van der Waals surface area contributed by atoms with Crippen molar-refractivity contribution in [1.82, 2.24) is 19.9 Å². The number of aromatic nitrogens is 4.